The third kappa shape index (κ3) is 2.19. The van der Waals surface area contributed by atoms with Crippen molar-refractivity contribution in [3.05, 3.63) is 36.4 Å². The van der Waals surface area contributed by atoms with Gasteiger partial charge in [-0.1, -0.05) is 0 Å². The molecule has 2 aromatic carbocycles. The standard InChI is InChI=1S/C15H16N3S/c1-16-10-4-6-12-14(8-10)19-15-9-11(18(2)3)5-7-13(15)17-12/h4-9,16H,1-3H3/q+1/i1-1. The summed E-state index contributed by atoms with van der Waals surface area (Å²) in [6.07, 6.45) is 0. The van der Waals surface area contributed by atoms with Gasteiger partial charge in [0.2, 0.25) is 11.3 Å². The van der Waals surface area contributed by atoms with Crippen LogP contribution in [0.2, 0.25) is 0 Å². The fourth-order valence-electron chi connectivity index (χ4n) is 2.05. The number of hydrogen-bond acceptors (Lipinski definition) is 3. The van der Waals surface area contributed by atoms with Crippen LogP contribution in [0.5, 0.6) is 0 Å². The number of rotatable bonds is 2. The van der Waals surface area contributed by atoms with E-state index in [1.54, 1.807) is 11.3 Å². The highest BCUT2D eigenvalue weighted by Gasteiger charge is 2.14. The number of nitrogens with one attached hydrogen (secondary N) is 1. The van der Waals surface area contributed by atoms with Gasteiger partial charge in [0.15, 0.2) is 0 Å². The van der Waals surface area contributed by atoms with Crippen molar-refractivity contribution >= 4 is 43.1 Å². The quantitative estimate of drug-likeness (QED) is 0.566. The van der Waals surface area contributed by atoms with Crippen molar-refractivity contribution < 1.29 is 0 Å². The van der Waals surface area contributed by atoms with E-state index in [1.807, 2.05) is 7.05 Å². The Morgan fingerprint density at radius 2 is 1.68 bits per heavy atom. The lowest BCUT2D eigenvalue weighted by atomic mass is 10.2. The summed E-state index contributed by atoms with van der Waals surface area (Å²) in [5.41, 5.74) is 4.43. The molecule has 3 aromatic rings. The Labute approximate surface area is 116 Å². The van der Waals surface area contributed by atoms with Gasteiger partial charge in [-0.2, -0.15) is 0 Å². The fourth-order valence-corrected chi connectivity index (χ4v) is 3.09. The van der Waals surface area contributed by atoms with Crippen molar-refractivity contribution in [2.75, 3.05) is 31.4 Å². The van der Waals surface area contributed by atoms with Gasteiger partial charge in [-0.15, -0.1) is 0 Å². The van der Waals surface area contributed by atoms with E-state index in [0.717, 1.165) is 16.7 Å². The molecular weight excluding hydrogens is 253 g/mol. The highest BCUT2D eigenvalue weighted by molar-refractivity contribution is 7.24. The van der Waals surface area contributed by atoms with Crippen molar-refractivity contribution in [3.8, 4) is 0 Å². The summed E-state index contributed by atoms with van der Waals surface area (Å²) in [4.78, 5) is 6.83. The Bertz CT molecular complexity index is 753. The van der Waals surface area contributed by atoms with E-state index >= 15 is 0 Å². The van der Waals surface area contributed by atoms with Crippen LogP contribution in [0.1, 0.15) is 0 Å². The van der Waals surface area contributed by atoms with Gasteiger partial charge < -0.3 is 10.2 Å². The van der Waals surface area contributed by atoms with Crippen LogP contribution in [0.15, 0.2) is 36.4 Å². The summed E-state index contributed by atoms with van der Waals surface area (Å²) in [6, 6.07) is 12.7. The average Bonchev–Trinajstić information content (AvgIpc) is 2.43. The summed E-state index contributed by atoms with van der Waals surface area (Å²) in [5.74, 6) is 0. The molecule has 0 unspecified atom stereocenters. The van der Waals surface area contributed by atoms with Crippen molar-refractivity contribution in [1.82, 2.24) is 4.98 Å². The number of hydrogen-bond donors (Lipinski definition) is 1. The molecule has 0 spiro atoms. The first-order chi connectivity index (χ1) is 9.17. The molecular formula is C15H16N3S+. The second-order valence-corrected chi connectivity index (χ2v) is 5.78. The maximum Gasteiger partial charge on any atom is 0.259 e. The molecule has 0 bridgehead atoms. The lowest BCUT2D eigenvalue weighted by molar-refractivity contribution is 1.14. The zero-order valence-electron chi connectivity index (χ0n) is 11.3. The minimum atomic E-state index is 1.05. The molecule has 3 rings (SSSR count). The van der Waals surface area contributed by atoms with Gasteiger partial charge in [0.1, 0.15) is 11.0 Å². The van der Waals surface area contributed by atoms with E-state index < -0.39 is 0 Å². The van der Waals surface area contributed by atoms with Crippen LogP contribution < -0.4 is 10.2 Å². The van der Waals surface area contributed by atoms with E-state index in [4.69, 9.17) is 4.98 Å². The molecule has 4 heteroatoms. The number of aromatic nitrogens is 1. The molecule has 0 aliphatic rings. The highest BCUT2D eigenvalue weighted by Crippen LogP contribution is 2.30. The van der Waals surface area contributed by atoms with Gasteiger partial charge in [0.05, 0.1) is 0 Å². The van der Waals surface area contributed by atoms with Crippen molar-refractivity contribution in [3.63, 3.8) is 0 Å². The Balaban J connectivity index is 2.26. The van der Waals surface area contributed by atoms with Gasteiger partial charge in [0, 0.05) is 44.7 Å². The Hall–Kier alpha value is -1.94. The third-order valence-corrected chi connectivity index (χ3v) is 4.26. The highest BCUT2D eigenvalue weighted by atomic mass is 32.1. The van der Waals surface area contributed by atoms with Gasteiger partial charge in [-0.05, 0) is 24.3 Å². The molecule has 0 saturated carbocycles. The molecule has 0 aliphatic carbocycles. The third-order valence-electron chi connectivity index (χ3n) is 3.17. The van der Waals surface area contributed by atoms with E-state index in [9.17, 15) is 0 Å². The second kappa shape index (κ2) is 4.63. The molecule has 0 fully saturated rings. The second-order valence-electron chi connectivity index (χ2n) is 4.69. The predicted octanol–water partition coefficient (Wildman–Crippen LogP) is 3.84. The Morgan fingerprint density at radius 3 is 2.37 bits per heavy atom. The van der Waals surface area contributed by atoms with Crippen LogP contribution in [0.25, 0.3) is 20.4 Å². The van der Waals surface area contributed by atoms with Gasteiger partial charge >= 0.3 is 0 Å². The van der Waals surface area contributed by atoms with Crippen LogP contribution in [0.3, 0.4) is 0 Å². The summed E-state index contributed by atoms with van der Waals surface area (Å²) < 4.78 is 2.42. The topological polar surface area (TPSA) is 28.2 Å². The Kier molecular flexibility index (Phi) is 2.95. The molecule has 96 valence electrons. The monoisotopic (exact) mass is 269 g/mol. The van der Waals surface area contributed by atoms with E-state index in [1.165, 1.54) is 15.1 Å². The van der Waals surface area contributed by atoms with Crippen molar-refractivity contribution in [2.24, 2.45) is 0 Å². The SMILES string of the molecule is CN(C)c1ccc2nc3ccc(N[11CH3])cc3[s+]c2c1. The van der Waals surface area contributed by atoms with Crippen LogP contribution in [-0.4, -0.2) is 26.1 Å². The predicted molar refractivity (Wildman–Crippen MR) is 85.4 cm³/mol. The molecule has 1 heterocycles. The molecule has 19 heavy (non-hydrogen) atoms. The smallest absolute Gasteiger partial charge is 0.259 e. The summed E-state index contributed by atoms with van der Waals surface area (Å²) >= 11 is 1.78. The maximum atomic E-state index is 4.72. The molecule has 0 amide bonds. The van der Waals surface area contributed by atoms with E-state index in [2.05, 4.69) is 60.7 Å². The normalized spacial score (nSPS) is 10.9. The van der Waals surface area contributed by atoms with Crippen molar-refractivity contribution in [2.45, 2.75) is 0 Å². The fraction of sp³-hybridized carbons (Fsp3) is 0.200. The summed E-state index contributed by atoms with van der Waals surface area (Å²) in [7, 11) is 6.04. The van der Waals surface area contributed by atoms with E-state index in [-0.39, 0.29) is 0 Å². The number of fused-ring (bicyclic) bond motifs is 2. The zero-order chi connectivity index (χ0) is 13.4. The largest absolute Gasteiger partial charge is 0.388 e. The lowest BCUT2D eigenvalue weighted by Gasteiger charge is -2.10. The molecule has 0 aliphatic heterocycles. The molecule has 0 radical (unpaired) electrons. The molecule has 1 aromatic heterocycles. The number of nitrogens with zero attached hydrogens (tertiary/aromatic N) is 2. The molecule has 1 N–H and O–H groups in total. The van der Waals surface area contributed by atoms with Crippen molar-refractivity contribution in [1.29, 1.82) is 0 Å². The first-order valence-corrected chi connectivity index (χ1v) is 7.02. The molecule has 0 atom stereocenters. The van der Waals surface area contributed by atoms with Gasteiger partial charge in [0.25, 0.3) is 9.40 Å². The lowest BCUT2D eigenvalue weighted by Crippen LogP contribution is -2.07. The minimum absolute atomic E-state index is 1.05. The summed E-state index contributed by atoms with van der Waals surface area (Å²) in [6.45, 7) is 0. The number of anilines is 2. The van der Waals surface area contributed by atoms with E-state index in [0.29, 0.717) is 0 Å². The van der Waals surface area contributed by atoms with Crippen LogP contribution in [0.4, 0.5) is 11.4 Å². The first-order valence-electron chi connectivity index (χ1n) is 6.20. The molecule has 0 saturated heterocycles. The van der Waals surface area contributed by atoms with Gasteiger partial charge in [-0.3, -0.25) is 0 Å². The van der Waals surface area contributed by atoms with Crippen LogP contribution in [0, 0.1) is 0 Å². The maximum absolute atomic E-state index is 4.72. The van der Waals surface area contributed by atoms with Gasteiger partial charge in [-0.25, -0.2) is 4.98 Å². The first kappa shape index (κ1) is 12.1. The van der Waals surface area contributed by atoms with Crippen LogP contribution in [-0.2, 0) is 0 Å². The number of benzene rings is 2. The van der Waals surface area contributed by atoms with Crippen LogP contribution >= 0.6 is 11.3 Å². The minimum Gasteiger partial charge on any atom is -0.388 e. The summed E-state index contributed by atoms with van der Waals surface area (Å²) in [5, 5.41) is 3.17. The molecule has 3 nitrogen and oxygen atoms in total. The Morgan fingerprint density at radius 1 is 1.00 bits per heavy atom. The zero-order valence-corrected chi connectivity index (χ0v) is 12.1. The average molecular weight is 269 g/mol.